The number of hydrogen-bond acceptors (Lipinski definition) is 7. The predicted molar refractivity (Wildman–Crippen MR) is 152 cm³/mol. The molecule has 3 fully saturated rings. The molecule has 2 N–H and O–H groups in total. The predicted octanol–water partition coefficient (Wildman–Crippen LogP) is 5.50. The summed E-state index contributed by atoms with van der Waals surface area (Å²) in [7, 11) is 2.06. The third kappa shape index (κ3) is 4.31. The van der Waals surface area contributed by atoms with Crippen molar-refractivity contribution in [3.8, 4) is 22.9 Å². The summed E-state index contributed by atoms with van der Waals surface area (Å²) in [6.45, 7) is 2.84. The van der Waals surface area contributed by atoms with Crippen molar-refractivity contribution in [2.24, 2.45) is 0 Å². The van der Waals surface area contributed by atoms with Crippen LogP contribution in [0, 0.1) is 11.6 Å². The van der Waals surface area contributed by atoms with Gasteiger partial charge in [0.05, 0.1) is 5.02 Å². The van der Waals surface area contributed by atoms with E-state index in [2.05, 4.69) is 27.1 Å². The van der Waals surface area contributed by atoms with E-state index in [0.717, 1.165) is 45.3 Å². The number of aromatic nitrogens is 2. The van der Waals surface area contributed by atoms with Crippen molar-refractivity contribution in [1.29, 1.82) is 0 Å². The Hall–Kier alpha value is -3.27. The van der Waals surface area contributed by atoms with Gasteiger partial charge in [-0.1, -0.05) is 35.9 Å². The fraction of sp³-hybridized carbons (Fsp3) is 0.400. The van der Waals surface area contributed by atoms with Crippen LogP contribution in [0.15, 0.2) is 36.4 Å². The molecule has 4 aromatic rings. The summed E-state index contributed by atoms with van der Waals surface area (Å²) in [5, 5.41) is 15.4. The van der Waals surface area contributed by atoms with Crippen LogP contribution in [0.4, 0.5) is 14.6 Å². The second-order valence-corrected chi connectivity index (χ2v) is 11.6. The first kappa shape index (κ1) is 25.7. The molecule has 2 bridgehead atoms. The van der Waals surface area contributed by atoms with Gasteiger partial charge < -0.3 is 25.0 Å². The third-order valence-electron chi connectivity index (χ3n) is 8.65. The summed E-state index contributed by atoms with van der Waals surface area (Å²) < 4.78 is 38.2. The molecular weight excluding hydrogens is 536 g/mol. The highest BCUT2D eigenvalue weighted by Crippen LogP contribution is 2.44. The number of rotatable bonds is 5. The molecule has 3 aliphatic rings. The minimum absolute atomic E-state index is 0.0110. The summed E-state index contributed by atoms with van der Waals surface area (Å²) in [4.78, 5) is 13.7. The zero-order valence-electron chi connectivity index (χ0n) is 22.1. The van der Waals surface area contributed by atoms with Crippen LogP contribution in [-0.4, -0.2) is 71.4 Å². The molecule has 0 saturated carbocycles. The van der Waals surface area contributed by atoms with Crippen LogP contribution in [0.3, 0.4) is 0 Å². The van der Waals surface area contributed by atoms with E-state index in [0.29, 0.717) is 40.7 Å². The molecule has 3 aromatic carbocycles. The quantitative estimate of drug-likeness (QED) is 0.331. The number of phenolic OH excluding ortho intramolecular Hbond substituents is 1. The minimum Gasteiger partial charge on any atom is -0.505 e. The van der Waals surface area contributed by atoms with Crippen molar-refractivity contribution < 1.29 is 18.6 Å². The topological polar surface area (TPSA) is 73.8 Å². The van der Waals surface area contributed by atoms with Crippen molar-refractivity contribution in [1.82, 2.24) is 20.2 Å². The molecule has 3 saturated heterocycles. The van der Waals surface area contributed by atoms with Gasteiger partial charge in [0.25, 0.3) is 0 Å². The maximum Gasteiger partial charge on any atom is 0.319 e. The molecule has 3 aliphatic heterocycles. The molecule has 4 heterocycles. The normalized spacial score (nSPS) is 23.0. The van der Waals surface area contributed by atoms with Crippen molar-refractivity contribution >= 4 is 39.1 Å². The summed E-state index contributed by atoms with van der Waals surface area (Å²) >= 11 is 6.74. The van der Waals surface area contributed by atoms with Gasteiger partial charge in [-0.2, -0.15) is 9.97 Å². The van der Waals surface area contributed by atoms with Gasteiger partial charge in [0.1, 0.15) is 17.9 Å². The number of nitrogens with one attached hydrogen (secondary N) is 1. The Bertz CT molecular complexity index is 1620. The van der Waals surface area contributed by atoms with E-state index in [1.54, 1.807) is 30.3 Å². The minimum atomic E-state index is -0.937. The first-order chi connectivity index (χ1) is 19.4. The highest BCUT2D eigenvalue weighted by Gasteiger charge is 2.35. The van der Waals surface area contributed by atoms with Gasteiger partial charge in [-0.25, -0.2) is 8.78 Å². The largest absolute Gasteiger partial charge is 0.505 e. The average molecular weight is 566 g/mol. The molecule has 0 aliphatic carbocycles. The highest BCUT2D eigenvalue weighted by atomic mass is 35.5. The molecular formula is C30H30ClF2N5O2. The molecule has 0 spiro atoms. The third-order valence-corrected chi connectivity index (χ3v) is 8.95. The monoisotopic (exact) mass is 565 g/mol. The van der Waals surface area contributed by atoms with Crippen LogP contribution >= 0.6 is 11.6 Å². The fourth-order valence-electron chi connectivity index (χ4n) is 6.58. The van der Waals surface area contributed by atoms with E-state index >= 15 is 8.78 Å². The number of likely N-dealkylation sites (tertiary alicyclic amines) is 1. The molecule has 10 heteroatoms. The van der Waals surface area contributed by atoms with Gasteiger partial charge in [0.15, 0.2) is 17.4 Å². The molecule has 3 atom stereocenters. The van der Waals surface area contributed by atoms with Crippen LogP contribution in [0.1, 0.15) is 25.7 Å². The number of phenols is 1. The standard InChI is InChI=1S/C30H30ClF2N5O2/c1-37-10-4-6-19(37)15-40-30-35-28-21(29(36-30)38-13-17-8-9-18(14-38)34-17)12-22(31)25(27(28)33)24-20-7-3-2-5-16(20)11-23(39)26(24)32/h2-3,5,7,11-12,17-19,34,39H,4,6,8-10,13-15H2,1H3/t17-,18?,19+/m1/s1. The lowest BCUT2D eigenvalue weighted by atomic mass is 9.95. The number of hydrogen-bond donors (Lipinski definition) is 2. The lowest BCUT2D eigenvalue weighted by Gasteiger charge is -2.34. The zero-order valence-corrected chi connectivity index (χ0v) is 22.9. The molecule has 1 aromatic heterocycles. The van der Waals surface area contributed by atoms with Crippen LogP contribution in [0.2, 0.25) is 5.02 Å². The number of halogens is 3. The Labute approximate surface area is 235 Å². The SMILES string of the molecule is CN1CCC[C@H]1COc1nc(N2CC3CC[C@H](C2)N3)c2cc(Cl)c(-c3c(F)c(O)cc4ccccc34)c(F)c2n1. The van der Waals surface area contributed by atoms with Crippen molar-refractivity contribution in [2.45, 2.75) is 43.8 Å². The maximum absolute atomic E-state index is 16.6. The lowest BCUT2D eigenvalue weighted by molar-refractivity contribution is 0.188. The Balaban J connectivity index is 1.41. The summed E-state index contributed by atoms with van der Waals surface area (Å²) in [5.74, 6) is -1.73. The average Bonchev–Trinajstić information content (AvgIpc) is 3.52. The summed E-state index contributed by atoms with van der Waals surface area (Å²) in [6.07, 6.45) is 4.25. The number of ether oxygens (including phenoxy) is 1. The number of piperazine rings is 1. The Morgan fingerprint density at radius 3 is 2.55 bits per heavy atom. The number of likely N-dealkylation sites (N-methyl/N-ethyl adjacent to an activating group) is 1. The van der Waals surface area contributed by atoms with Crippen molar-refractivity contribution in [3.63, 3.8) is 0 Å². The first-order valence-electron chi connectivity index (χ1n) is 13.8. The number of nitrogens with zero attached hydrogens (tertiary/aromatic N) is 4. The van der Waals surface area contributed by atoms with Crippen LogP contribution < -0.4 is 15.0 Å². The molecule has 40 heavy (non-hydrogen) atoms. The van der Waals surface area contributed by atoms with Gasteiger partial charge in [-0.3, -0.25) is 0 Å². The van der Waals surface area contributed by atoms with Crippen LogP contribution in [0.5, 0.6) is 11.8 Å². The summed E-state index contributed by atoms with van der Waals surface area (Å²) in [5.41, 5.74) is -0.238. The number of benzene rings is 3. The van der Waals surface area contributed by atoms with Gasteiger partial charge >= 0.3 is 6.01 Å². The Morgan fingerprint density at radius 1 is 1.02 bits per heavy atom. The van der Waals surface area contributed by atoms with E-state index < -0.39 is 17.4 Å². The van der Waals surface area contributed by atoms with E-state index in [9.17, 15) is 5.11 Å². The van der Waals surface area contributed by atoms with Gasteiger partial charge in [-0.15, -0.1) is 0 Å². The smallest absolute Gasteiger partial charge is 0.319 e. The van der Waals surface area contributed by atoms with E-state index in [1.165, 1.54) is 6.07 Å². The van der Waals surface area contributed by atoms with Gasteiger partial charge in [0.2, 0.25) is 0 Å². The fourth-order valence-corrected chi connectivity index (χ4v) is 6.86. The van der Waals surface area contributed by atoms with Crippen molar-refractivity contribution in [2.75, 3.05) is 38.2 Å². The lowest BCUT2D eigenvalue weighted by Crippen LogP contribution is -2.51. The van der Waals surface area contributed by atoms with Crippen LogP contribution in [-0.2, 0) is 0 Å². The molecule has 7 rings (SSSR count). The van der Waals surface area contributed by atoms with E-state index in [4.69, 9.17) is 21.3 Å². The van der Waals surface area contributed by atoms with Crippen molar-refractivity contribution in [3.05, 3.63) is 53.1 Å². The molecule has 7 nitrogen and oxygen atoms in total. The maximum atomic E-state index is 16.6. The second-order valence-electron chi connectivity index (χ2n) is 11.2. The van der Waals surface area contributed by atoms with E-state index in [-0.39, 0.29) is 33.7 Å². The second kappa shape index (κ2) is 9.98. The Kier molecular flexibility index (Phi) is 6.40. The van der Waals surface area contributed by atoms with E-state index in [1.807, 2.05) is 0 Å². The highest BCUT2D eigenvalue weighted by molar-refractivity contribution is 6.35. The zero-order chi connectivity index (χ0) is 27.5. The molecule has 0 amide bonds. The number of anilines is 1. The molecule has 1 unspecified atom stereocenters. The Morgan fingerprint density at radius 2 is 1.80 bits per heavy atom. The number of fused-ring (bicyclic) bond motifs is 4. The van der Waals surface area contributed by atoms with Gasteiger partial charge in [0, 0.05) is 47.7 Å². The van der Waals surface area contributed by atoms with Crippen LogP contribution in [0.25, 0.3) is 32.8 Å². The molecule has 0 radical (unpaired) electrons. The number of aromatic hydroxyl groups is 1. The summed E-state index contributed by atoms with van der Waals surface area (Å²) in [6, 6.07) is 10.8. The van der Waals surface area contributed by atoms with Gasteiger partial charge in [-0.05, 0) is 62.2 Å². The molecule has 208 valence electrons. The first-order valence-corrected chi connectivity index (χ1v) is 14.2.